The van der Waals surface area contributed by atoms with Crippen molar-refractivity contribution in [2.75, 3.05) is 0 Å². The van der Waals surface area contributed by atoms with E-state index in [0.29, 0.717) is 0 Å². The van der Waals surface area contributed by atoms with Crippen LogP contribution in [0.3, 0.4) is 0 Å². The quantitative estimate of drug-likeness (QED) is 0.180. The van der Waals surface area contributed by atoms with Crippen molar-refractivity contribution in [2.24, 2.45) is 0 Å². The van der Waals surface area contributed by atoms with Gasteiger partial charge in [0, 0.05) is 27.6 Å². The van der Waals surface area contributed by atoms with Crippen molar-refractivity contribution in [3.63, 3.8) is 0 Å². The van der Waals surface area contributed by atoms with E-state index in [0.717, 1.165) is 66.2 Å². The highest BCUT2D eigenvalue weighted by Gasteiger charge is 2.25. The fourth-order valence-corrected chi connectivity index (χ4v) is 7.30. The van der Waals surface area contributed by atoms with Crippen LogP contribution in [0.1, 0.15) is 50.7 Å². The van der Waals surface area contributed by atoms with Gasteiger partial charge in [-0.1, -0.05) is 100 Å². The van der Waals surface area contributed by atoms with E-state index in [1.807, 2.05) is 6.07 Å². The number of pyridine rings is 1. The van der Waals surface area contributed by atoms with E-state index in [1.165, 1.54) is 27.9 Å². The largest absolute Gasteiger partial charge is 0.455 e. The number of rotatable bonds is 5. The minimum Gasteiger partial charge on any atom is -0.455 e. The number of aromatic nitrogens is 3. The fraction of sp³-hybridized carbons (Fsp3) is 0.136. The van der Waals surface area contributed by atoms with Gasteiger partial charge in [-0.05, 0) is 82.6 Å². The summed E-state index contributed by atoms with van der Waals surface area (Å²) >= 11 is 0. The molecule has 0 spiro atoms. The fourth-order valence-electron chi connectivity index (χ4n) is 7.30. The highest BCUT2D eigenvalue weighted by atomic mass is 16.3. The Hall–Kier alpha value is -5.74. The summed E-state index contributed by atoms with van der Waals surface area (Å²) in [6.07, 6.45) is 0. The molecule has 9 aromatic rings. The first-order chi connectivity index (χ1) is 23.4. The van der Waals surface area contributed by atoms with Gasteiger partial charge >= 0.3 is 0 Å². The number of benzene rings is 6. The van der Waals surface area contributed by atoms with Gasteiger partial charge in [0.05, 0.1) is 33.3 Å². The molecular formula is C44H35N3O. The SMILES string of the molecule is CC(C)c1cc(-c2ccccc2)cc(C(C)C)c1-n1c(-c2cccc3c2oc2cc4nc5ccccc5cc4cc23)nc2ccccc21. The molecule has 0 amide bonds. The average molecular weight is 622 g/mol. The molecule has 4 nitrogen and oxygen atoms in total. The lowest BCUT2D eigenvalue weighted by Crippen LogP contribution is -2.09. The molecule has 0 fully saturated rings. The molecule has 0 N–H and O–H groups in total. The summed E-state index contributed by atoms with van der Waals surface area (Å²) in [7, 11) is 0. The molecule has 0 saturated heterocycles. The predicted octanol–water partition coefficient (Wildman–Crippen LogP) is 12.2. The van der Waals surface area contributed by atoms with Crippen LogP contribution in [-0.2, 0) is 0 Å². The van der Waals surface area contributed by atoms with E-state index in [1.54, 1.807) is 0 Å². The van der Waals surface area contributed by atoms with E-state index >= 15 is 0 Å². The van der Waals surface area contributed by atoms with Gasteiger partial charge in [-0.2, -0.15) is 0 Å². The third-order valence-electron chi connectivity index (χ3n) is 9.68. The highest BCUT2D eigenvalue weighted by molar-refractivity contribution is 6.13. The Balaban J connectivity index is 1.34. The zero-order valence-corrected chi connectivity index (χ0v) is 27.5. The van der Waals surface area contributed by atoms with Gasteiger partial charge in [-0.25, -0.2) is 9.97 Å². The minimum atomic E-state index is 0.285. The number of nitrogens with zero attached hydrogens (tertiary/aromatic N) is 3. The van der Waals surface area contributed by atoms with E-state index in [4.69, 9.17) is 14.4 Å². The van der Waals surface area contributed by atoms with Crippen LogP contribution in [-0.4, -0.2) is 14.5 Å². The predicted molar refractivity (Wildman–Crippen MR) is 200 cm³/mol. The zero-order chi connectivity index (χ0) is 32.5. The molecule has 0 unspecified atom stereocenters. The first-order valence-corrected chi connectivity index (χ1v) is 16.8. The van der Waals surface area contributed by atoms with Crippen LogP contribution in [0.25, 0.3) is 83.0 Å². The Morgan fingerprint density at radius 3 is 2.02 bits per heavy atom. The summed E-state index contributed by atoms with van der Waals surface area (Å²) in [4.78, 5) is 10.3. The van der Waals surface area contributed by atoms with Gasteiger partial charge in [0.15, 0.2) is 0 Å². The summed E-state index contributed by atoms with van der Waals surface area (Å²) in [6.45, 7) is 9.16. The van der Waals surface area contributed by atoms with Crippen LogP contribution in [0.5, 0.6) is 0 Å². The molecule has 3 aromatic heterocycles. The van der Waals surface area contributed by atoms with E-state index in [2.05, 4.69) is 154 Å². The molecule has 3 heterocycles. The Bertz CT molecular complexity index is 2650. The Kier molecular flexibility index (Phi) is 6.48. The molecule has 0 aliphatic rings. The molecule has 0 aliphatic carbocycles. The second-order valence-electron chi connectivity index (χ2n) is 13.4. The molecule has 0 atom stereocenters. The maximum atomic E-state index is 6.78. The van der Waals surface area contributed by atoms with Gasteiger partial charge in [0.2, 0.25) is 0 Å². The molecule has 9 rings (SSSR count). The maximum absolute atomic E-state index is 6.78. The summed E-state index contributed by atoms with van der Waals surface area (Å²) < 4.78 is 9.17. The number of hydrogen-bond acceptors (Lipinski definition) is 3. The highest BCUT2D eigenvalue weighted by Crippen LogP contribution is 2.43. The standard InChI is InChI=1S/C44H35N3O/c1-26(2)34-22-30(28-13-6-5-7-14-28)23-35(27(3)4)42(34)47-40-20-11-10-19-38(40)46-44(47)33-17-12-16-32-36-24-31-21-29-15-8-9-18-37(29)45-39(31)25-41(36)48-43(32)33/h5-27H,1-4H3. The van der Waals surface area contributed by atoms with Crippen molar-refractivity contribution in [2.45, 2.75) is 39.5 Å². The smallest absolute Gasteiger partial charge is 0.149 e. The van der Waals surface area contributed by atoms with Crippen LogP contribution in [0.2, 0.25) is 0 Å². The Morgan fingerprint density at radius 1 is 0.542 bits per heavy atom. The Morgan fingerprint density at radius 2 is 1.25 bits per heavy atom. The van der Waals surface area contributed by atoms with Gasteiger partial charge in [0.1, 0.15) is 17.0 Å². The van der Waals surface area contributed by atoms with Crippen molar-refractivity contribution in [1.29, 1.82) is 0 Å². The molecule has 0 radical (unpaired) electrons. The lowest BCUT2D eigenvalue weighted by molar-refractivity contribution is 0.670. The number of furan rings is 1. The summed E-state index contributed by atoms with van der Waals surface area (Å²) in [6, 6.07) is 45.2. The monoisotopic (exact) mass is 621 g/mol. The number of para-hydroxylation sites is 4. The topological polar surface area (TPSA) is 43.9 Å². The van der Waals surface area contributed by atoms with Gasteiger partial charge in [0.25, 0.3) is 0 Å². The third kappa shape index (κ3) is 4.44. The lowest BCUT2D eigenvalue weighted by Gasteiger charge is -2.24. The van der Waals surface area contributed by atoms with Crippen LogP contribution in [0.4, 0.5) is 0 Å². The summed E-state index contributed by atoms with van der Waals surface area (Å²) in [5, 5.41) is 4.38. The van der Waals surface area contributed by atoms with Crippen molar-refractivity contribution < 1.29 is 4.42 Å². The molecule has 0 aliphatic heterocycles. The zero-order valence-electron chi connectivity index (χ0n) is 27.5. The number of fused-ring (bicyclic) bond motifs is 6. The first kappa shape index (κ1) is 28.5. The molecule has 4 heteroatoms. The maximum Gasteiger partial charge on any atom is 0.149 e. The average Bonchev–Trinajstić information content (AvgIpc) is 3.67. The molecule has 48 heavy (non-hydrogen) atoms. The second-order valence-corrected chi connectivity index (χ2v) is 13.4. The summed E-state index contributed by atoms with van der Waals surface area (Å²) in [5.74, 6) is 1.45. The summed E-state index contributed by atoms with van der Waals surface area (Å²) in [5.41, 5.74) is 12.8. The van der Waals surface area contributed by atoms with Crippen molar-refractivity contribution in [1.82, 2.24) is 14.5 Å². The minimum absolute atomic E-state index is 0.285. The van der Waals surface area contributed by atoms with Crippen molar-refractivity contribution >= 4 is 54.8 Å². The molecule has 6 aromatic carbocycles. The normalized spacial score (nSPS) is 12.1. The van der Waals surface area contributed by atoms with E-state index < -0.39 is 0 Å². The van der Waals surface area contributed by atoms with Crippen molar-refractivity contribution in [3.05, 3.63) is 139 Å². The third-order valence-corrected chi connectivity index (χ3v) is 9.68. The number of hydrogen-bond donors (Lipinski definition) is 0. The van der Waals surface area contributed by atoms with Gasteiger partial charge in [-0.3, -0.25) is 4.57 Å². The Labute approximate surface area is 279 Å². The van der Waals surface area contributed by atoms with E-state index in [-0.39, 0.29) is 11.8 Å². The van der Waals surface area contributed by atoms with Gasteiger partial charge in [-0.15, -0.1) is 0 Å². The van der Waals surface area contributed by atoms with Crippen LogP contribution in [0, 0.1) is 0 Å². The lowest BCUT2D eigenvalue weighted by atomic mass is 9.88. The van der Waals surface area contributed by atoms with Gasteiger partial charge < -0.3 is 4.42 Å². The van der Waals surface area contributed by atoms with Crippen LogP contribution < -0.4 is 0 Å². The van der Waals surface area contributed by atoms with Crippen LogP contribution >= 0.6 is 0 Å². The molecular weight excluding hydrogens is 587 g/mol. The van der Waals surface area contributed by atoms with E-state index in [9.17, 15) is 0 Å². The molecule has 0 bridgehead atoms. The van der Waals surface area contributed by atoms with Crippen molar-refractivity contribution in [3.8, 4) is 28.2 Å². The molecule has 232 valence electrons. The van der Waals surface area contributed by atoms with Crippen LogP contribution in [0.15, 0.2) is 132 Å². The molecule has 0 saturated carbocycles. The number of imidazole rings is 1. The second kappa shape index (κ2) is 10.9. The first-order valence-electron chi connectivity index (χ1n) is 16.8.